The van der Waals surface area contributed by atoms with Crippen LogP contribution >= 0.6 is 0 Å². The van der Waals surface area contributed by atoms with Crippen molar-refractivity contribution in [3.63, 3.8) is 0 Å². The highest BCUT2D eigenvalue weighted by molar-refractivity contribution is 5.80. The van der Waals surface area contributed by atoms with E-state index in [4.69, 9.17) is 0 Å². The van der Waals surface area contributed by atoms with Gasteiger partial charge in [0.05, 0.1) is 25.1 Å². The minimum absolute atomic E-state index is 0.0822. The first-order valence-electron chi connectivity index (χ1n) is 7.37. The van der Waals surface area contributed by atoms with Crippen molar-refractivity contribution in [2.24, 2.45) is 4.99 Å². The number of aliphatic imine (C=N–C) groups is 1. The Balaban J connectivity index is 2.56. The number of hydrogen-bond donors (Lipinski definition) is 2. The van der Waals surface area contributed by atoms with Crippen molar-refractivity contribution in [3.8, 4) is 11.8 Å². The number of halogens is 6. The molecule has 0 radical (unpaired) electrons. The Morgan fingerprint density at radius 2 is 1.68 bits per heavy atom. The summed E-state index contributed by atoms with van der Waals surface area (Å²) in [5.74, 6) is 5.52. The third-order valence-corrected chi connectivity index (χ3v) is 2.80. The molecule has 0 aliphatic carbocycles. The molecule has 0 unspecified atom stereocenters. The average molecular weight is 365 g/mol. The standard InChI is InChI=1S/C16H17F6N3/c1-2-23-14(25-11-9-15(17,18)19)24-10-3-4-12-5-7-13(8-6-12)16(20,21)22/h5-8H,2,9-11H2,1H3,(H2,23,24,25). The number of guanidine groups is 1. The van der Waals surface area contributed by atoms with E-state index in [0.717, 1.165) is 12.1 Å². The minimum atomic E-state index is -4.40. The van der Waals surface area contributed by atoms with Crippen LogP contribution in [0, 0.1) is 11.8 Å². The van der Waals surface area contributed by atoms with E-state index in [-0.39, 0.29) is 12.5 Å². The predicted molar refractivity (Wildman–Crippen MR) is 83.0 cm³/mol. The normalized spacial score (nSPS) is 12.4. The van der Waals surface area contributed by atoms with Crippen molar-refractivity contribution in [2.75, 3.05) is 19.6 Å². The Morgan fingerprint density at radius 3 is 2.20 bits per heavy atom. The number of benzene rings is 1. The smallest absolute Gasteiger partial charge is 0.357 e. The molecule has 9 heteroatoms. The van der Waals surface area contributed by atoms with Crippen LogP contribution in [0.25, 0.3) is 0 Å². The lowest BCUT2D eigenvalue weighted by Gasteiger charge is -2.09. The fourth-order valence-electron chi connectivity index (χ4n) is 1.65. The van der Waals surface area contributed by atoms with Gasteiger partial charge in [0.2, 0.25) is 0 Å². The van der Waals surface area contributed by atoms with Gasteiger partial charge in [-0.15, -0.1) is 0 Å². The molecule has 1 aromatic carbocycles. The Morgan fingerprint density at radius 1 is 1.04 bits per heavy atom. The van der Waals surface area contributed by atoms with Crippen LogP contribution in [0.3, 0.4) is 0 Å². The van der Waals surface area contributed by atoms with Gasteiger partial charge in [0.1, 0.15) is 0 Å². The van der Waals surface area contributed by atoms with E-state index < -0.39 is 30.9 Å². The first-order valence-corrected chi connectivity index (χ1v) is 7.37. The van der Waals surface area contributed by atoms with Crippen LogP contribution in [0.5, 0.6) is 0 Å². The molecule has 0 saturated carbocycles. The quantitative estimate of drug-likeness (QED) is 0.371. The first kappa shape index (κ1) is 20.7. The van der Waals surface area contributed by atoms with Gasteiger partial charge in [0, 0.05) is 12.1 Å². The fraction of sp³-hybridized carbons (Fsp3) is 0.438. The summed E-state index contributed by atoms with van der Waals surface area (Å²) >= 11 is 0. The molecule has 0 amide bonds. The highest BCUT2D eigenvalue weighted by Crippen LogP contribution is 2.28. The van der Waals surface area contributed by atoms with E-state index >= 15 is 0 Å². The van der Waals surface area contributed by atoms with Crippen molar-refractivity contribution < 1.29 is 26.3 Å². The van der Waals surface area contributed by atoms with Crippen LogP contribution in [-0.4, -0.2) is 31.8 Å². The third-order valence-electron chi connectivity index (χ3n) is 2.80. The van der Waals surface area contributed by atoms with Gasteiger partial charge in [-0.1, -0.05) is 11.8 Å². The van der Waals surface area contributed by atoms with E-state index in [9.17, 15) is 26.3 Å². The molecule has 0 bridgehead atoms. The van der Waals surface area contributed by atoms with Crippen molar-refractivity contribution in [2.45, 2.75) is 25.7 Å². The topological polar surface area (TPSA) is 36.4 Å². The van der Waals surface area contributed by atoms with Crippen LogP contribution in [0.2, 0.25) is 0 Å². The summed E-state index contributed by atoms with van der Waals surface area (Å²) in [6.45, 7) is 1.89. The zero-order chi connectivity index (χ0) is 18.9. The van der Waals surface area contributed by atoms with Crippen molar-refractivity contribution in [1.29, 1.82) is 0 Å². The molecule has 0 aliphatic rings. The molecule has 0 heterocycles. The Labute approximate surface area is 141 Å². The molecule has 0 atom stereocenters. The summed E-state index contributed by atoms with van der Waals surface area (Å²) in [7, 11) is 0. The van der Waals surface area contributed by atoms with Crippen LogP contribution in [0.1, 0.15) is 24.5 Å². The number of alkyl halides is 6. The van der Waals surface area contributed by atoms with Gasteiger partial charge in [0.25, 0.3) is 0 Å². The summed E-state index contributed by atoms with van der Waals surface area (Å²) in [6, 6.07) is 4.36. The van der Waals surface area contributed by atoms with Gasteiger partial charge < -0.3 is 10.6 Å². The summed E-state index contributed by atoms with van der Waals surface area (Å²) in [4.78, 5) is 3.76. The SMILES string of the molecule is CCNC(=NCCC(F)(F)F)NCC#Cc1ccc(C(F)(F)F)cc1. The monoisotopic (exact) mass is 365 g/mol. The Kier molecular flexibility index (Phi) is 7.61. The molecule has 138 valence electrons. The van der Waals surface area contributed by atoms with Gasteiger partial charge in [0.15, 0.2) is 5.96 Å². The largest absolute Gasteiger partial charge is 0.416 e. The summed E-state index contributed by atoms with van der Waals surface area (Å²) < 4.78 is 73.5. The summed E-state index contributed by atoms with van der Waals surface area (Å²) in [5, 5.41) is 5.50. The van der Waals surface area contributed by atoms with E-state index in [1.165, 1.54) is 12.1 Å². The second-order valence-corrected chi connectivity index (χ2v) is 4.86. The first-order chi connectivity index (χ1) is 11.6. The van der Waals surface area contributed by atoms with Gasteiger partial charge >= 0.3 is 12.4 Å². The Bertz CT molecular complexity index is 620. The fourth-order valence-corrected chi connectivity index (χ4v) is 1.65. The predicted octanol–water partition coefficient (Wildman–Crippen LogP) is 3.56. The van der Waals surface area contributed by atoms with Gasteiger partial charge in [-0.25, -0.2) is 0 Å². The minimum Gasteiger partial charge on any atom is -0.357 e. The maximum absolute atomic E-state index is 12.4. The van der Waals surface area contributed by atoms with Crippen molar-refractivity contribution in [3.05, 3.63) is 35.4 Å². The molecular weight excluding hydrogens is 348 g/mol. The van der Waals surface area contributed by atoms with Gasteiger partial charge in [-0.3, -0.25) is 4.99 Å². The molecule has 3 nitrogen and oxygen atoms in total. The van der Waals surface area contributed by atoms with Gasteiger partial charge in [-0.05, 0) is 31.2 Å². The van der Waals surface area contributed by atoms with Crippen molar-refractivity contribution >= 4 is 5.96 Å². The lowest BCUT2D eigenvalue weighted by molar-refractivity contribution is -0.137. The van der Waals surface area contributed by atoms with Crippen LogP contribution in [-0.2, 0) is 6.18 Å². The van der Waals surface area contributed by atoms with Crippen LogP contribution < -0.4 is 10.6 Å². The molecular formula is C16H17F6N3. The zero-order valence-corrected chi connectivity index (χ0v) is 13.4. The molecule has 0 aromatic heterocycles. The molecule has 2 N–H and O–H groups in total. The van der Waals surface area contributed by atoms with Crippen LogP contribution in [0.4, 0.5) is 26.3 Å². The molecule has 0 fully saturated rings. The maximum Gasteiger partial charge on any atom is 0.416 e. The molecule has 0 spiro atoms. The number of nitrogens with zero attached hydrogens (tertiary/aromatic N) is 1. The number of nitrogens with one attached hydrogen (secondary N) is 2. The third kappa shape index (κ3) is 8.88. The molecule has 1 rings (SSSR count). The lowest BCUT2D eigenvalue weighted by Crippen LogP contribution is -2.37. The van der Waals surface area contributed by atoms with E-state index in [1.54, 1.807) is 6.92 Å². The molecule has 0 saturated heterocycles. The van der Waals surface area contributed by atoms with E-state index in [1.807, 2.05) is 0 Å². The second-order valence-electron chi connectivity index (χ2n) is 4.86. The maximum atomic E-state index is 12.4. The zero-order valence-electron chi connectivity index (χ0n) is 13.4. The molecule has 1 aromatic rings. The van der Waals surface area contributed by atoms with Crippen LogP contribution in [0.15, 0.2) is 29.3 Å². The number of rotatable bonds is 4. The van der Waals surface area contributed by atoms with E-state index in [2.05, 4.69) is 27.5 Å². The van der Waals surface area contributed by atoms with E-state index in [0.29, 0.717) is 12.1 Å². The Hall–Kier alpha value is -2.37. The van der Waals surface area contributed by atoms with Gasteiger partial charge in [-0.2, -0.15) is 26.3 Å². The van der Waals surface area contributed by atoms with Crippen molar-refractivity contribution in [1.82, 2.24) is 10.6 Å². The second kappa shape index (κ2) is 9.20. The summed E-state index contributed by atoms with van der Waals surface area (Å²) in [5.41, 5.74) is -0.365. The average Bonchev–Trinajstić information content (AvgIpc) is 2.50. The summed E-state index contributed by atoms with van der Waals surface area (Å²) in [6.07, 6.45) is -9.70. The molecule has 25 heavy (non-hydrogen) atoms. The highest BCUT2D eigenvalue weighted by Gasteiger charge is 2.29. The number of hydrogen-bond acceptors (Lipinski definition) is 1. The molecule has 0 aliphatic heterocycles. The highest BCUT2D eigenvalue weighted by atomic mass is 19.4. The lowest BCUT2D eigenvalue weighted by atomic mass is 10.1.